The number of rotatable bonds is 26. The van der Waals surface area contributed by atoms with Crippen LogP contribution in [0.1, 0.15) is 143 Å². The van der Waals surface area contributed by atoms with Crippen LogP contribution in [0.15, 0.2) is 12.2 Å². The van der Waals surface area contributed by atoms with E-state index in [-0.39, 0.29) is 6.54 Å². The van der Waals surface area contributed by atoms with E-state index in [1.165, 1.54) is 111 Å². The van der Waals surface area contributed by atoms with Crippen LogP contribution in [-0.2, 0) is 14.4 Å². The minimum Gasteiger partial charge on any atom is -0.477 e. The van der Waals surface area contributed by atoms with Gasteiger partial charge in [0.15, 0.2) is 18.1 Å². The Morgan fingerprint density at radius 2 is 0.816 bits per heavy atom. The lowest BCUT2D eigenvalue weighted by atomic mass is 10.00. The predicted molar refractivity (Wildman–Crippen MR) is 154 cm³/mol. The van der Waals surface area contributed by atoms with Crippen molar-refractivity contribution in [3.05, 3.63) is 12.2 Å². The summed E-state index contributed by atoms with van der Waals surface area (Å²) in [5.74, 6) is -3.51. The molecule has 0 radical (unpaired) electrons. The molecule has 0 fully saturated rings. The second-order valence-electron chi connectivity index (χ2n) is 11.1. The highest BCUT2D eigenvalue weighted by atomic mass is 16.4. The van der Waals surface area contributed by atoms with Gasteiger partial charge in [-0.25, -0.2) is 14.4 Å². The van der Waals surface area contributed by atoms with Gasteiger partial charge in [0, 0.05) is 0 Å². The summed E-state index contributed by atoms with van der Waals surface area (Å²) in [6, 6.07) is -3.36. The van der Waals surface area contributed by atoms with Crippen molar-refractivity contribution in [1.29, 1.82) is 0 Å². The Morgan fingerprint density at radius 1 is 0.526 bits per heavy atom. The number of hydrogen-bond acceptors (Lipinski definition) is 3. The molecule has 3 unspecified atom stereocenters. The van der Waals surface area contributed by atoms with Crippen LogP contribution in [0.3, 0.4) is 0 Å². The summed E-state index contributed by atoms with van der Waals surface area (Å²) >= 11 is 0. The Balaban J connectivity index is 4.08. The van der Waals surface area contributed by atoms with Crippen molar-refractivity contribution in [3.8, 4) is 0 Å². The van der Waals surface area contributed by atoms with Crippen LogP contribution in [-0.4, -0.2) is 62.4 Å². The third-order valence-corrected chi connectivity index (χ3v) is 8.29. The molecule has 0 aliphatic rings. The smallest absolute Gasteiger partial charge is 0.362 e. The third kappa shape index (κ3) is 14.3. The maximum atomic E-state index is 11.8. The monoisotopic (exact) mass is 540 g/mol. The molecule has 0 rings (SSSR count). The Bertz CT molecular complexity index is 627. The normalized spacial score (nSPS) is 15.7. The fourth-order valence-corrected chi connectivity index (χ4v) is 5.54. The van der Waals surface area contributed by atoms with Gasteiger partial charge >= 0.3 is 17.9 Å². The molecule has 0 aromatic carbocycles. The van der Waals surface area contributed by atoms with E-state index < -0.39 is 40.5 Å². The van der Waals surface area contributed by atoms with Crippen molar-refractivity contribution >= 4 is 17.9 Å². The van der Waals surface area contributed by atoms with Gasteiger partial charge in [-0.1, -0.05) is 96.1 Å². The molecule has 0 saturated carbocycles. The number of carboxylic acids is 3. The van der Waals surface area contributed by atoms with Crippen LogP contribution in [0.4, 0.5) is 0 Å². The molecule has 0 saturated heterocycles. The molecule has 0 aliphatic heterocycles. The van der Waals surface area contributed by atoms with Gasteiger partial charge in [0.1, 0.15) is 0 Å². The first-order valence-electron chi connectivity index (χ1n) is 15.3. The second-order valence-corrected chi connectivity index (χ2v) is 11.1. The van der Waals surface area contributed by atoms with E-state index in [9.17, 15) is 29.7 Å². The SMILES string of the molecule is CCCCCC/C=C/CCCCCCCCCCCCCC[N+](C(C)C(=O)O)(C(C)C(=O)O)C(C)C(=O)O. The van der Waals surface area contributed by atoms with Crippen molar-refractivity contribution in [2.45, 2.75) is 161 Å². The predicted octanol–water partition coefficient (Wildman–Crippen LogP) is 7.82. The first-order chi connectivity index (χ1) is 18.1. The summed E-state index contributed by atoms with van der Waals surface area (Å²) in [6.07, 6.45) is 26.3. The molecule has 7 nitrogen and oxygen atoms in total. The van der Waals surface area contributed by atoms with Crippen LogP contribution in [0.2, 0.25) is 0 Å². The summed E-state index contributed by atoms with van der Waals surface area (Å²) in [5.41, 5.74) is 0. The Labute approximate surface area is 232 Å². The van der Waals surface area contributed by atoms with Gasteiger partial charge in [-0.2, -0.15) is 0 Å². The number of nitrogens with zero attached hydrogens (tertiary/aromatic N) is 1. The summed E-state index contributed by atoms with van der Waals surface area (Å²) in [7, 11) is 0. The fraction of sp³-hybridized carbons (Fsp3) is 0.839. The summed E-state index contributed by atoms with van der Waals surface area (Å²) in [4.78, 5) is 35.4. The Morgan fingerprint density at radius 3 is 1.13 bits per heavy atom. The molecule has 3 atom stereocenters. The number of unbranched alkanes of at least 4 members (excludes halogenated alkanes) is 16. The highest BCUT2D eigenvalue weighted by Crippen LogP contribution is 2.27. The van der Waals surface area contributed by atoms with E-state index in [4.69, 9.17) is 0 Å². The van der Waals surface area contributed by atoms with Gasteiger partial charge in [-0.3, -0.25) is 4.48 Å². The van der Waals surface area contributed by atoms with E-state index in [1.54, 1.807) is 0 Å². The topological polar surface area (TPSA) is 112 Å². The molecule has 3 N–H and O–H groups in total. The van der Waals surface area contributed by atoms with Crippen molar-refractivity contribution in [1.82, 2.24) is 0 Å². The average Bonchev–Trinajstić information content (AvgIpc) is 2.88. The van der Waals surface area contributed by atoms with Gasteiger partial charge in [0.25, 0.3) is 0 Å². The van der Waals surface area contributed by atoms with Crippen molar-refractivity contribution < 1.29 is 34.2 Å². The lowest BCUT2D eigenvalue weighted by molar-refractivity contribution is -0.968. The lowest BCUT2D eigenvalue weighted by Gasteiger charge is -2.47. The van der Waals surface area contributed by atoms with E-state index >= 15 is 0 Å². The van der Waals surface area contributed by atoms with Crippen LogP contribution < -0.4 is 0 Å². The summed E-state index contributed by atoms with van der Waals surface area (Å²) in [6.45, 7) is 6.75. The molecule has 222 valence electrons. The first-order valence-corrected chi connectivity index (χ1v) is 15.3. The largest absolute Gasteiger partial charge is 0.477 e. The maximum Gasteiger partial charge on any atom is 0.362 e. The average molecular weight is 541 g/mol. The molecule has 0 aromatic rings. The second kappa shape index (κ2) is 22.0. The standard InChI is InChI=1S/C31H57NO6/c1-5-6-7-8-9-10-11-12-13-14-15-16-17-18-19-20-21-22-23-24-25-32(26(2)29(33)34,27(3)30(35)36)28(4)31(37)38/h10-11,26-28H,5-9,12-25H2,1-4H3,(H2-,33,34,35,36,37,38)/p+1/b11-10+. The molecule has 0 amide bonds. The van der Waals surface area contributed by atoms with Gasteiger partial charge in [0.05, 0.1) is 6.54 Å². The molecule has 0 bridgehead atoms. The van der Waals surface area contributed by atoms with Crippen LogP contribution in [0.25, 0.3) is 0 Å². The fourth-order valence-electron chi connectivity index (χ4n) is 5.54. The van der Waals surface area contributed by atoms with E-state index in [2.05, 4.69) is 19.1 Å². The Kier molecular flexibility index (Phi) is 20.9. The van der Waals surface area contributed by atoms with E-state index in [0.29, 0.717) is 6.42 Å². The number of hydrogen-bond donors (Lipinski definition) is 3. The minimum absolute atomic E-state index is 0.225. The molecule has 7 heteroatoms. The highest BCUT2D eigenvalue weighted by molar-refractivity contribution is 5.77. The van der Waals surface area contributed by atoms with Crippen LogP contribution >= 0.6 is 0 Å². The van der Waals surface area contributed by atoms with Gasteiger partial charge in [-0.05, 0) is 59.3 Å². The summed E-state index contributed by atoms with van der Waals surface area (Å²) < 4.78 is -0.477. The van der Waals surface area contributed by atoms with Crippen LogP contribution in [0, 0.1) is 0 Å². The van der Waals surface area contributed by atoms with Crippen molar-refractivity contribution in [2.24, 2.45) is 0 Å². The zero-order valence-electron chi connectivity index (χ0n) is 24.8. The molecule has 38 heavy (non-hydrogen) atoms. The molecule has 0 spiro atoms. The molecule has 0 aliphatic carbocycles. The minimum atomic E-state index is -1.17. The molecular formula is C31H58NO6+. The molecular weight excluding hydrogens is 482 g/mol. The van der Waals surface area contributed by atoms with Crippen LogP contribution in [0.5, 0.6) is 0 Å². The molecule has 0 aromatic heterocycles. The van der Waals surface area contributed by atoms with E-state index in [1.807, 2.05) is 0 Å². The first kappa shape index (κ1) is 36.1. The summed E-state index contributed by atoms with van der Waals surface area (Å²) in [5, 5.41) is 28.9. The number of carbonyl (C=O) groups is 3. The number of aliphatic carboxylic acids is 3. The quantitative estimate of drug-likeness (QED) is 0.0586. The van der Waals surface area contributed by atoms with E-state index in [0.717, 1.165) is 19.3 Å². The Hall–Kier alpha value is -1.89. The van der Waals surface area contributed by atoms with Crippen molar-refractivity contribution in [3.63, 3.8) is 0 Å². The highest BCUT2D eigenvalue weighted by Gasteiger charge is 2.52. The number of allylic oxidation sites excluding steroid dienone is 2. The van der Waals surface area contributed by atoms with Gasteiger partial charge < -0.3 is 15.3 Å². The number of quaternary nitrogens is 1. The zero-order chi connectivity index (χ0) is 28.8. The van der Waals surface area contributed by atoms with Crippen molar-refractivity contribution in [2.75, 3.05) is 6.54 Å². The zero-order valence-corrected chi connectivity index (χ0v) is 24.8. The maximum absolute atomic E-state index is 11.8. The van der Waals surface area contributed by atoms with Gasteiger partial charge in [0.2, 0.25) is 0 Å². The third-order valence-electron chi connectivity index (χ3n) is 8.29. The van der Waals surface area contributed by atoms with Gasteiger partial charge in [-0.15, -0.1) is 0 Å². The molecule has 0 heterocycles. The number of carboxylic acid groups (broad SMARTS) is 3. The lowest BCUT2D eigenvalue weighted by Crippen LogP contribution is -2.70.